The average Bonchev–Trinajstić information content (AvgIpc) is 3.05. The Morgan fingerprint density at radius 2 is 1.62 bits per heavy atom. The zero-order valence-corrected chi connectivity index (χ0v) is 47.7. The molecule has 1 aromatic heterocycles. The molecule has 4 aromatic carbocycles. The Morgan fingerprint density at radius 1 is 0.815 bits per heavy atom. The average molecular weight is 1100 g/mol. The third-order valence-electron chi connectivity index (χ3n) is 21.3. The maximum absolute atomic E-state index is 15.7. The van der Waals surface area contributed by atoms with Crippen LogP contribution >= 0.6 is 0 Å². The van der Waals surface area contributed by atoms with Gasteiger partial charge in [0.15, 0.2) is 12.2 Å². The Morgan fingerprint density at radius 3 is 2.41 bits per heavy atom. The highest BCUT2D eigenvalue weighted by Gasteiger charge is 2.59. The molecule has 8 aliphatic rings. The molecule has 10 unspecified atom stereocenters. The first kappa shape index (κ1) is 55.7. The second kappa shape index (κ2) is 23.1. The quantitative estimate of drug-likeness (QED) is 0.0693. The monoisotopic (exact) mass is 1100 g/mol. The van der Waals surface area contributed by atoms with Crippen molar-refractivity contribution in [2.45, 2.75) is 183 Å². The van der Waals surface area contributed by atoms with Crippen LogP contribution in [0.15, 0.2) is 111 Å². The number of rotatable bonds is 10. The summed E-state index contributed by atoms with van der Waals surface area (Å²) in [5.41, 5.74) is 7.38. The lowest BCUT2D eigenvalue weighted by atomic mass is 9.56. The van der Waals surface area contributed by atoms with Gasteiger partial charge in [-0.25, -0.2) is 9.59 Å². The molecule has 13 rings (SSSR count). The van der Waals surface area contributed by atoms with E-state index >= 15 is 9.59 Å². The van der Waals surface area contributed by atoms with Crippen LogP contribution in [0.5, 0.6) is 5.75 Å². The highest BCUT2D eigenvalue weighted by molar-refractivity contribution is 5.90. The van der Waals surface area contributed by atoms with Crippen LogP contribution in [0.25, 0.3) is 17.0 Å². The Labute approximate surface area is 477 Å². The SMILES string of the molecule is COCC(CCO)c1c(CO)c2ccc3c(c2oc1=O)C1OC(=O)CC2CC(c4cccc(C56CCCCC5C=Cc5ccccc56)c4)CCC2c2ccc(cc2)CCC(=C(C)CO)C(=O)OC1C(C)(C1CCCC2(CCCC2)C1)O3. The van der Waals surface area contributed by atoms with Crippen LogP contribution in [-0.2, 0) is 42.2 Å². The van der Waals surface area contributed by atoms with Crippen LogP contribution < -0.4 is 10.4 Å². The summed E-state index contributed by atoms with van der Waals surface area (Å²) < 4.78 is 33.4. The topological polar surface area (TPSA) is 162 Å². The highest BCUT2D eigenvalue weighted by atomic mass is 16.6. The number of ether oxygens (including phenoxy) is 4. The summed E-state index contributed by atoms with van der Waals surface area (Å²) >= 11 is 0. The van der Waals surface area contributed by atoms with Crippen molar-refractivity contribution in [3.8, 4) is 5.75 Å². The molecular formula is C70H82O11. The third kappa shape index (κ3) is 10.1. The van der Waals surface area contributed by atoms with Gasteiger partial charge in [-0.1, -0.05) is 117 Å². The molecule has 10 atom stereocenters. The summed E-state index contributed by atoms with van der Waals surface area (Å²) in [6, 6.07) is 30.6. The Balaban J connectivity index is 0.984. The second-order valence-electron chi connectivity index (χ2n) is 25.6. The summed E-state index contributed by atoms with van der Waals surface area (Å²) in [4.78, 5) is 45.6. The second-order valence-corrected chi connectivity index (χ2v) is 25.6. The highest BCUT2D eigenvalue weighted by Crippen LogP contribution is 2.59. The molecule has 0 saturated heterocycles. The number of esters is 2. The van der Waals surface area contributed by atoms with E-state index in [-0.39, 0.29) is 83.9 Å². The van der Waals surface area contributed by atoms with E-state index in [1.54, 1.807) is 13.0 Å². The van der Waals surface area contributed by atoms with Crippen molar-refractivity contribution in [2.24, 2.45) is 23.2 Å². The normalized spacial score (nSPS) is 30.0. The van der Waals surface area contributed by atoms with Gasteiger partial charge in [0.1, 0.15) is 16.9 Å². The fourth-order valence-corrected chi connectivity index (χ4v) is 17.1. The number of aryl methyl sites for hydroxylation is 1. The Kier molecular flexibility index (Phi) is 15.9. The summed E-state index contributed by atoms with van der Waals surface area (Å²) in [6.45, 7) is 2.77. The molecule has 5 aliphatic carbocycles. The standard InChI is InChI=1S/C70H82O11/c1-43(40-72)54-26-20-44-18-21-45(22-19-44)55-27-24-48(47-13-10-15-52(37-47)70-34-7-6-14-51(70)25-23-46-12-4-5-17-58(46)70)36-50(55)38-60(74)78-64-62-59(29-28-56-57(41-73)61(67(76)79-63(56)62)49(30-35-71)42-77-3)81-68(2,65(64)80-66(54)75)53-16-11-33-69(39-53)31-8-9-32-69/h4-5,10,12-13,15,17-19,21-23,25,28-29,37,48-51,53,55,64-65,71-73H,6-9,11,14,16,20,24,26-27,30-36,38-42H2,1-3H3. The predicted octanol–water partition coefficient (Wildman–Crippen LogP) is 13.3. The van der Waals surface area contributed by atoms with Crippen molar-refractivity contribution >= 4 is 29.0 Å². The molecule has 5 aromatic rings. The zero-order valence-electron chi connectivity index (χ0n) is 47.7. The van der Waals surface area contributed by atoms with E-state index in [9.17, 15) is 20.1 Å². The smallest absolute Gasteiger partial charge is 0.340 e. The van der Waals surface area contributed by atoms with Gasteiger partial charge in [-0.05, 0) is 183 Å². The summed E-state index contributed by atoms with van der Waals surface area (Å²) in [5, 5.41) is 32.5. The zero-order chi connectivity index (χ0) is 56.0. The molecule has 428 valence electrons. The van der Waals surface area contributed by atoms with Crippen LogP contribution in [0.1, 0.15) is 203 Å². The van der Waals surface area contributed by atoms with Crippen LogP contribution in [0.2, 0.25) is 0 Å². The molecule has 0 amide bonds. The van der Waals surface area contributed by atoms with Crippen molar-refractivity contribution in [2.75, 3.05) is 26.9 Å². The first-order chi connectivity index (χ1) is 39.4. The molecule has 3 N–H and O–H groups in total. The lowest BCUT2D eigenvalue weighted by Crippen LogP contribution is -2.59. The van der Waals surface area contributed by atoms with Gasteiger partial charge in [0.05, 0.1) is 25.4 Å². The number of hydrogen-bond acceptors (Lipinski definition) is 11. The number of aliphatic hydroxyl groups excluding tert-OH is 3. The Bertz CT molecular complexity index is 3270. The number of benzene rings is 4. The minimum absolute atomic E-state index is 0.0526. The van der Waals surface area contributed by atoms with Crippen molar-refractivity contribution in [3.05, 3.63) is 163 Å². The lowest BCUT2D eigenvalue weighted by Gasteiger charge is -2.52. The van der Waals surface area contributed by atoms with E-state index in [0.717, 1.165) is 89.0 Å². The molecule has 0 radical (unpaired) electrons. The molecular weight excluding hydrogens is 1020 g/mol. The minimum atomic E-state index is -1.31. The lowest BCUT2D eigenvalue weighted by molar-refractivity contribution is -0.203. The van der Waals surface area contributed by atoms with Gasteiger partial charge in [-0.15, -0.1) is 0 Å². The van der Waals surface area contributed by atoms with Gasteiger partial charge in [0.25, 0.3) is 0 Å². The summed E-state index contributed by atoms with van der Waals surface area (Å²) in [7, 11) is 1.52. The van der Waals surface area contributed by atoms with Crippen LogP contribution in [0, 0.1) is 23.2 Å². The fraction of sp³-hybridized carbons (Fsp3) is 0.529. The number of carbonyl (C=O) groups is 2. The fourth-order valence-electron chi connectivity index (χ4n) is 17.1. The number of allylic oxidation sites excluding steroid dienone is 1. The van der Waals surface area contributed by atoms with E-state index in [1.807, 2.05) is 13.0 Å². The van der Waals surface area contributed by atoms with Gasteiger partial charge in [0, 0.05) is 53.9 Å². The van der Waals surface area contributed by atoms with Crippen LogP contribution in [0.3, 0.4) is 0 Å². The van der Waals surface area contributed by atoms with E-state index in [4.69, 9.17) is 23.4 Å². The Hall–Kier alpha value is -5.85. The van der Waals surface area contributed by atoms with Gasteiger partial charge in [0.2, 0.25) is 0 Å². The number of methoxy groups -OCH3 is 1. The first-order valence-corrected chi connectivity index (χ1v) is 30.6. The number of fused-ring (bicyclic) bond motifs is 14. The van der Waals surface area contributed by atoms with Crippen molar-refractivity contribution in [3.63, 3.8) is 0 Å². The maximum Gasteiger partial charge on any atom is 0.340 e. The predicted molar refractivity (Wildman–Crippen MR) is 312 cm³/mol. The summed E-state index contributed by atoms with van der Waals surface area (Å²) in [6.07, 6.45) is 18.9. The van der Waals surface area contributed by atoms with E-state index < -0.39 is 47.9 Å². The van der Waals surface area contributed by atoms with Crippen molar-refractivity contribution in [1.29, 1.82) is 0 Å². The number of aliphatic hydroxyl groups is 3. The molecule has 3 aliphatic heterocycles. The van der Waals surface area contributed by atoms with Crippen molar-refractivity contribution in [1.82, 2.24) is 0 Å². The van der Waals surface area contributed by atoms with E-state index in [1.165, 1.54) is 47.8 Å². The third-order valence-corrected chi connectivity index (χ3v) is 21.3. The van der Waals surface area contributed by atoms with Crippen LogP contribution in [-0.4, -0.2) is 65.9 Å². The number of carbonyl (C=O) groups excluding carboxylic acids is 2. The summed E-state index contributed by atoms with van der Waals surface area (Å²) in [5.74, 6) is -0.897. The maximum atomic E-state index is 15.7. The van der Waals surface area contributed by atoms with E-state index in [0.29, 0.717) is 46.6 Å². The van der Waals surface area contributed by atoms with Crippen molar-refractivity contribution < 1.29 is 48.3 Å². The van der Waals surface area contributed by atoms with Gasteiger partial charge >= 0.3 is 17.6 Å². The van der Waals surface area contributed by atoms with Gasteiger partial charge in [-0.2, -0.15) is 0 Å². The minimum Gasteiger partial charge on any atom is -0.483 e. The molecule has 11 heteroatoms. The van der Waals surface area contributed by atoms with E-state index in [2.05, 4.69) is 84.9 Å². The van der Waals surface area contributed by atoms with Gasteiger partial charge < -0.3 is 38.7 Å². The molecule has 81 heavy (non-hydrogen) atoms. The first-order valence-electron chi connectivity index (χ1n) is 30.6. The molecule has 2 bridgehead atoms. The van der Waals surface area contributed by atoms with Gasteiger partial charge in [-0.3, -0.25) is 4.79 Å². The molecule has 4 fully saturated rings. The van der Waals surface area contributed by atoms with Crippen LogP contribution in [0.4, 0.5) is 0 Å². The molecule has 4 saturated carbocycles. The molecule has 4 heterocycles. The largest absolute Gasteiger partial charge is 0.483 e. The molecule has 1 spiro atoms. The molecule has 11 nitrogen and oxygen atoms in total. The number of hydrogen-bond donors (Lipinski definition) is 3.